The van der Waals surface area contributed by atoms with E-state index in [2.05, 4.69) is 41.5 Å². The van der Waals surface area contributed by atoms with Gasteiger partial charge in [-0.3, -0.25) is 0 Å². The maximum absolute atomic E-state index is 2.38. The van der Waals surface area contributed by atoms with Crippen molar-refractivity contribution in [1.29, 1.82) is 0 Å². The lowest BCUT2D eigenvalue weighted by Crippen LogP contribution is -2.25. The monoisotopic (exact) mass is 336 g/mol. The zero-order chi connectivity index (χ0) is 17.9. The van der Waals surface area contributed by atoms with E-state index < -0.39 is 0 Å². The van der Waals surface area contributed by atoms with Crippen molar-refractivity contribution < 1.29 is 0 Å². The second-order valence-corrected chi connectivity index (χ2v) is 9.07. The summed E-state index contributed by atoms with van der Waals surface area (Å²) >= 11 is 0. The minimum atomic E-state index is 1.00. The molecule has 0 aromatic carbocycles. The van der Waals surface area contributed by atoms with Crippen LogP contribution in [-0.4, -0.2) is 0 Å². The molecule has 0 N–H and O–H groups in total. The van der Waals surface area contributed by atoms with Crippen LogP contribution in [0.5, 0.6) is 0 Å². The largest absolute Gasteiger partial charge is 0.0651 e. The topological polar surface area (TPSA) is 0 Å². The van der Waals surface area contributed by atoms with Gasteiger partial charge >= 0.3 is 0 Å². The van der Waals surface area contributed by atoms with Crippen molar-refractivity contribution in [1.82, 2.24) is 0 Å². The third kappa shape index (κ3) is 7.09. The van der Waals surface area contributed by atoms with Gasteiger partial charge in [-0.25, -0.2) is 0 Å². The van der Waals surface area contributed by atoms with Gasteiger partial charge in [-0.05, 0) is 61.2 Å². The Labute approximate surface area is 154 Å². The highest BCUT2D eigenvalue weighted by Crippen LogP contribution is 2.40. The molecule has 0 aromatic heterocycles. The average molecular weight is 337 g/mol. The first-order valence-electron chi connectivity index (χ1n) is 11.6. The smallest absolute Gasteiger partial charge is 0.0386 e. The van der Waals surface area contributed by atoms with Crippen LogP contribution in [0.2, 0.25) is 0 Å². The zero-order valence-electron chi connectivity index (χ0n) is 17.9. The van der Waals surface area contributed by atoms with E-state index in [0.29, 0.717) is 0 Å². The van der Waals surface area contributed by atoms with E-state index in [9.17, 15) is 0 Å². The van der Waals surface area contributed by atoms with Crippen LogP contribution in [0.15, 0.2) is 0 Å². The molecule has 0 saturated heterocycles. The van der Waals surface area contributed by atoms with Gasteiger partial charge in [-0.2, -0.15) is 0 Å². The van der Waals surface area contributed by atoms with E-state index in [0.717, 1.165) is 35.5 Å². The quantitative estimate of drug-likeness (QED) is 0.456. The Balaban J connectivity index is 0.000000300. The van der Waals surface area contributed by atoms with Gasteiger partial charge in [0.2, 0.25) is 0 Å². The summed E-state index contributed by atoms with van der Waals surface area (Å²) in [6.07, 6.45) is 17.6. The van der Waals surface area contributed by atoms with Crippen LogP contribution in [-0.2, 0) is 0 Å². The van der Waals surface area contributed by atoms with Gasteiger partial charge in [0.15, 0.2) is 0 Å². The van der Waals surface area contributed by atoms with Crippen molar-refractivity contribution in [2.75, 3.05) is 0 Å². The van der Waals surface area contributed by atoms with Crippen molar-refractivity contribution in [3.05, 3.63) is 0 Å². The van der Waals surface area contributed by atoms with Crippen LogP contribution >= 0.6 is 0 Å². The summed E-state index contributed by atoms with van der Waals surface area (Å²) in [4.78, 5) is 0. The highest BCUT2D eigenvalue weighted by molar-refractivity contribution is 4.79. The molecule has 24 heavy (non-hydrogen) atoms. The van der Waals surface area contributed by atoms with Crippen LogP contribution in [0.4, 0.5) is 0 Å². The molecular weight excluding hydrogens is 288 g/mol. The zero-order valence-corrected chi connectivity index (χ0v) is 17.9. The molecule has 0 heteroatoms. The highest BCUT2D eigenvalue weighted by Gasteiger charge is 2.28. The molecule has 144 valence electrons. The predicted molar refractivity (Wildman–Crippen MR) is 110 cm³/mol. The number of hydrogen-bond donors (Lipinski definition) is 0. The number of rotatable bonds is 6. The van der Waals surface area contributed by atoms with Crippen LogP contribution < -0.4 is 0 Å². The van der Waals surface area contributed by atoms with Crippen molar-refractivity contribution in [2.45, 2.75) is 119 Å². The maximum atomic E-state index is 2.38. The average Bonchev–Trinajstić information content (AvgIpc) is 2.61. The highest BCUT2D eigenvalue weighted by atomic mass is 14.3. The lowest BCUT2D eigenvalue weighted by Gasteiger charge is -2.36. The fourth-order valence-corrected chi connectivity index (χ4v) is 5.50. The van der Waals surface area contributed by atoms with Crippen molar-refractivity contribution in [3.8, 4) is 0 Å². The number of hydrogen-bond acceptors (Lipinski definition) is 0. The molecule has 2 aliphatic carbocycles. The molecule has 2 rings (SSSR count). The molecule has 0 radical (unpaired) electrons. The van der Waals surface area contributed by atoms with Crippen LogP contribution in [0.3, 0.4) is 0 Å². The maximum Gasteiger partial charge on any atom is -0.0386 e. The molecule has 0 aliphatic heterocycles. The predicted octanol–water partition coefficient (Wildman–Crippen LogP) is 8.50. The molecule has 2 atom stereocenters. The Bertz CT molecular complexity index is 248. The second kappa shape index (κ2) is 12.4. The summed E-state index contributed by atoms with van der Waals surface area (Å²) in [6.45, 7) is 14.3. The first-order valence-corrected chi connectivity index (χ1v) is 11.6. The minimum absolute atomic E-state index is 1.00. The Morgan fingerprint density at radius 1 is 0.542 bits per heavy atom. The van der Waals surface area contributed by atoms with Gasteiger partial charge in [0, 0.05) is 0 Å². The van der Waals surface area contributed by atoms with E-state index in [4.69, 9.17) is 0 Å². The first kappa shape index (κ1) is 22.0. The van der Waals surface area contributed by atoms with Crippen LogP contribution in [0, 0.1) is 35.5 Å². The Hall–Kier alpha value is 0. The molecule has 0 spiro atoms. The summed E-state index contributed by atoms with van der Waals surface area (Å²) in [6, 6.07) is 0. The van der Waals surface area contributed by atoms with Gasteiger partial charge in [-0.1, -0.05) is 92.9 Å². The third-order valence-electron chi connectivity index (χ3n) is 7.79. The summed E-state index contributed by atoms with van der Waals surface area (Å²) in [7, 11) is 0. The minimum Gasteiger partial charge on any atom is -0.0651 e. The fourth-order valence-electron chi connectivity index (χ4n) is 5.50. The van der Waals surface area contributed by atoms with Crippen LogP contribution in [0.1, 0.15) is 119 Å². The fraction of sp³-hybridized carbons (Fsp3) is 1.00. The molecule has 2 fully saturated rings. The molecule has 2 saturated carbocycles. The molecule has 2 aliphatic rings. The molecule has 2 unspecified atom stereocenters. The van der Waals surface area contributed by atoms with E-state index in [1.165, 1.54) is 77.0 Å². The molecule has 0 amide bonds. The summed E-state index contributed by atoms with van der Waals surface area (Å²) in [5.74, 6) is 6.15. The molecular formula is C24H48. The van der Waals surface area contributed by atoms with Crippen molar-refractivity contribution in [2.24, 2.45) is 35.5 Å². The van der Waals surface area contributed by atoms with E-state index in [1.807, 2.05) is 0 Å². The van der Waals surface area contributed by atoms with E-state index >= 15 is 0 Å². The Morgan fingerprint density at radius 3 is 1.04 bits per heavy atom. The normalized spacial score (nSPS) is 31.0. The molecule has 0 nitrogen and oxygen atoms in total. The van der Waals surface area contributed by atoms with E-state index in [1.54, 1.807) is 0 Å². The summed E-state index contributed by atoms with van der Waals surface area (Å²) in [5.41, 5.74) is 0. The molecule has 0 aromatic rings. The lowest BCUT2D eigenvalue weighted by molar-refractivity contribution is 0.152. The van der Waals surface area contributed by atoms with Gasteiger partial charge in [-0.15, -0.1) is 0 Å². The molecule has 0 bridgehead atoms. The second-order valence-electron chi connectivity index (χ2n) is 9.07. The van der Waals surface area contributed by atoms with Crippen molar-refractivity contribution in [3.63, 3.8) is 0 Å². The van der Waals surface area contributed by atoms with E-state index in [-0.39, 0.29) is 0 Å². The third-order valence-corrected chi connectivity index (χ3v) is 7.79. The summed E-state index contributed by atoms with van der Waals surface area (Å²) < 4.78 is 0. The Kier molecular flexibility index (Phi) is 11.4. The SMILES string of the molecule is CC1CCCCC1C.CCC(CC)C1CCC(C(CC)CC)CC1. The molecule has 0 heterocycles. The first-order chi connectivity index (χ1) is 11.6. The van der Waals surface area contributed by atoms with Gasteiger partial charge in [0.1, 0.15) is 0 Å². The van der Waals surface area contributed by atoms with Gasteiger partial charge < -0.3 is 0 Å². The standard InChI is InChI=1S/C16H32.C8H16/c1-5-13(6-2)15-9-11-16(12-10-15)14(7-3)8-4;1-7-5-3-4-6-8(7)2/h13-16H,5-12H2,1-4H3;7-8H,3-6H2,1-2H3. The van der Waals surface area contributed by atoms with Crippen molar-refractivity contribution >= 4 is 0 Å². The van der Waals surface area contributed by atoms with Gasteiger partial charge in [0.25, 0.3) is 0 Å². The Morgan fingerprint density at radius 2 is 0.833 bits per heavy atom. The lowest BCUT2D eigenvalue weighted by atomic mass is 9.70. The summed E-state index contributed by atoms with van der Waals surface area (Å²) in [5, 5.41) is 0. The van der Waals surface area contributed by atoms with Crippen LogP contribution in [0.25, 0.3) is 0 Å². The van der Waals surface area contributed by atoms with Gasteiger partial charge in [0.05, 0.1) is 0 Å².